The first-order valence-electron chi connectivity index (χ1n) is 5.70. The van der Waals surface area contributed by atoms with E-state index < -0.39 is 0 Å². The first-order valence-corrected chi connectivity index (χ1v) is 5.70. The number of nitrogens with two attached hydrogens (primary N) is 2. The van der Waals surface area contributed by atoms with E-state index >= 15 is 0 Å². The summed E-state index contributed by atoms with van der Waals surface area (Å²) in [6, 6.07) is 9.20. The Bertz CT molecular complexity index is 502. The molecule has 0 aliphatic carbocycles. The number of nitrogen functional groups attached to an aromatic ring is 2. The lowest BCUT2D eigenvalue weighted by Crippen LogP contribution is -2.11. The van der Waals surface area contributed by atoms with Gasteiger partial charge in [-0.25, -0.2) is 9.97 Å². The number of nitrogens with zero attached hydrogens (tertiary/aromatic N) is 2. The van der Waals surface area contributed by atoms with Gasteiger partial charge in [0.1, 0.15) is 18.0 Å². The van der Waals surface area contributed by atoms with Crippen LogP contribution in [-0.2, 0) is 0 Å². The molecule has 0 aliphatic rings. The minimum Gasteiger partial charge on any atom is -0.383 e. The second kappa shape index (κ2) is 6.34. The van der Waals surface area contributed by atoms with E-state index in [9.17, 15) is 0 Å². The average molecular weight is 243 g/mol. The molecule has 1 heterocycles. The summed E-state index contributed by atoms with van der Waals surface area (Å²) in [6.07, 6.45) is 1.28. The first kappa shape index (κ1) is 13.6. The molecule has 0 unspecified atom stereocenters. The number of rotatable bonds is 2. The smallest absolute Gasteiger partial charge is 0.138 e. The fourth-order valence-electron chi connectivity index (χ4n) is 1.42. The highest BCUT2D eigenvalue weighted by Crippen LogP contribution is 2.18. The van der Waals surface area contributed by atoms with Crippen molar-refractivity contribution in [3.63, 3.8) is 0 Å². The zero-order valence-electron chi connectivity index (χ0n) is 10.5. The van der Waals surface area contributed by atoms with Crippen molar-refractivity contribution in [2.24, 2.45) is 0 Å². The summed E-state index contributed by atoms with van der Waals surface area (Å²) in [4.78, 5) is 7.66. The Morgan fingerprint density at radius 1 is 1.00 bits per heavy atom. The molecule has 0 aliphatic heterocycles. The van der Waals surface area contributed by atoms with Crippen LogP contribution in [0.4, 0.5) is 11.6 Å². The first-order chi connectivity index (χ1) is 8.70. The van der Waals surface area contributed by atoms with Gasteiger partial charge in [0.15, 0.2) is 0 Å². The molecule has 0 bridgehead atoms. The zero-order chi connectivity index (χ0) is 13.5. The molecular weight excluding hydrogens is 226 g/mol. The van der Waals surface area contributed by atoms with Gasteiger partial charge >= 0.3 is 0 Å². The molecule has 5 heteroatoms. The SMILES string of the molecule is CC.N=C(c1ccccc1)c1c(N)ncnc1N. The molecule has 5 nitrogen and oxygen atoms in total. The maximum Gasteiger partial charge on any atom is 0.138 e. The maximum atomic E-state index is 8.01. The Morgan fingerprint density at radius 3 is 2.00 bits per heavy atom. The summed E-state index contributed by atoms with van der Waals surface area (Å²) < 4.78 is 0. The van der Waals surface area contributed by atoms with E-state index in [0.29, 0.717) is 5.56 Å². The van der Waals surface area contributed by atoms with E-state index in [1.54, 1.807) is 0 Å². The van der Waals surface area contributed by atoms with Crippen LogP contribution >= 0.6 is 0 Å². The fraction of sp³-hybridized carbons (Fsp3) is 0.154. The fourth-order valence-corrected chi connectivity index (χ4v) is 1.42. The molecular formula is C13H17N5. The molecule has 0 saturated heterocycles. The lowest BCUT2D eigenvalue weighted by atomic mass is 10.0. The van der Waals surface area contributed by atoms with Crippen molar-refractivity contribution in [3.05, 3.63) is 47.8 Å². The highest BCUT2D eigenvalue weighted by Gasteiger charge is 2.13. The second-order valence-corrected chi connectivity index (χ2v) is 3.26. The maximum absolute atomic E-state index is 8.01. The number of hydrogen-bond donors (Lipinski definition) is 3. The number of benzene rings is 1. The summed E-state index contributed by atoms with van der Waals surface area (Å²) in [5, 5.41) is 8.01. The molecule has 5 N–H and O–H groups in total. The summed E-state index contributed by atoms with van der Waals surface area (Å²) in [5.41, 5.74) is 12.7. The number of anilines is 2. The van der Waals surface area contributed by atoms with E-state index in [1.807, 2.05) is 44.2 Å². The Hall–Kier alpha value is -2.43. The van der Waals surface area contributed by atoms with Crippen molar-refractivity contribution in [2.75, 3.05) is 11.5 Å². The van der Waals surface area contributed by atoms with Crippen molar-refractivity contribution >= 4 is 17.3 Å². The van der Waals surface area contributed by atoms with Crippen LogP contribution in [0, 0.1) is 5.41 Å². The Kier molecular flexibility index (Phi) is 4.80. The van der Waals surface area contributed by atoms with Crippen LogP contribution in [0.1, 0.15) is 25.0 Å². The van der Waals surface area contributed by atoms with Crippen LogP contribution in [0.15, 0.2) is 36.7 Å². The molecule has 0 spiro atoms. The van der Waals surface area contributed by atoms with E-state index in [-0.39, 0.29) is 17.3 Å². The second-order valence-electron chi connectivity index (χ2n) is 3.26. The molecule has 2 aromatic rings. The number of nitrogens with one attached hydrogen (secondary N) is 1. The van der Waals surface area contributed by atoms with Gasteiger partial charge in [-0.05, 0) is 0 Å². The molecule has 94 valence electrons. The van der Waals surface area contributed by atoms with Gasteiger partial charge in [-0.2, -0.15) is 0 Å². The summed E-state index contributed by atoms with van der Waals surface area (Å²) in [7, 11) is 0. The van der Waals surface area contributed by atoms with E-state index in [0.717, 1.165) is 5.56 Å². The van der Waals surface area contributed by atoms with Crippen molar-refractivity contribution < 1.29 is 0 Å². The molecule has 1 aromatic carbocycles. The van der Waals surface area contributed by atoms with E-state index in [2.05, 4.69) is 9.97 Å². The third-order valence-electron chi connectivity index (χ3n) is 2.22. The Balaban J connectivity index is 0.000000771. The van der Waals surface area contributed by atoms with Gasteiger partial charge in [-0.15, -0.1) is 0 Å². The average Bonchev–Trinajstić information content (AvgIpc) is 2.41. The molecule has 0 fully saturated rings. The summed E-state index contributed by atoms with van der Waals surface area (Å²) >= 11 is 0. The Morgan fingerprint density at radius 2 is 1.50 bits per heavy atom. The van der Waals surface area contributed by atoms with Gasteiger partial charge in [0.25, 0.3) is 0 Å². The van der Waals surface area contributed by atoms with Gasteiger partial charge < -0.3 is 11.5 Å². The molecule has 0 amide bonds. The highest BCUT2D eigenvalue weighted by atomic mass is 15.0. The van der Waals surface area contributed by atoms with Crippen molar-refractivity contribution in [2.45, 2.75) is 13.8 Å². The molecule has 0 radical (unpaired) electrons. The molecule has 0 atom stereocenters. The van der Waals surface area contributed by atoms with Gasteiger partial charge in [0.05, 0.1) is 11.3 Å². The third kappa shape index (κ3) is 2.82. The lowest BCUT2D eigenvalue weighted by Gasteiger charge is -2.08. The van der Waals surface area contributed by atoms with Crippen LogP contribution in [0.5, 0.6) is 0 Å². The largest absolute Gasteiger partial charge is 0.383 e. The van der Waals surface area contributed by atoms with Gasteiger partial charge in [0.2, 0.25) is 0 Å². The predicted octanol–water partition coefficient (Wildman–Crippen LogP) is 2.08. The van der Waals surface area contributed by atoms with Crippen LogP contribution in [0.2, 0.25) is 0 Å². The Labute approximate surface area is 106 Å². The zero-order valence-corrected chi connectivity index (χ0v) is 10.5. The summed E-state index contributed by atoms with van der Waals surface area (Å²) in [6.45, 7) is 4.00. The standard InChI is InChI=1S/C11H11N5.C2H6/c12-9(7-4-2-1-3-5-7)8-10(13)15-6-16-11(8)14;1-2/h1-6,12H,(H4,13,14,15,16);1-2H3. The van der Waals surface area contributed by atoms with Crippen molar-refractivity contribution in [3.8, 4) is 0 Å². The highest BCUT2D eigenvalue weighted by molar-refractivity contribution is 6.15. The number of aromatic nitrogens is 2. The van der Waals surface area contributed by atoms with Gasteiger partial charge in [-0.3, -0.25) is 5.41 Å². The van der Waals surface area contributed by atoms with Gasteiger partial charge in [-0.1, -0.05) is 44.2 Å². The topological polar surface area (TPSA) is 102 Å². The minimum absolute atomic E-state index is 0.223. The molecule has 18 heavy (non-hydrogen) atoms. The quantitative estimate of drug-likeness (QED) is 0.703. The molecule has 0 saturated carbocycles. The third-order valence-corrected chi connectivity index (χ3v) is 2.22. The molecule has 1 aromatic heterocycles. The van der Waals surface area contributed by atoms with E-state index in [4.69, 9.17) is 16.9 Å². The monoisotopic (exact) mass is 243 g/mol. The normalized spacial score (nSPS) is 9.22. The van der Waals surface area contributed by atoms with E-state index in [1.165, 1.54) is 6.33 Å². The van der Waals surface area contributed by atoms with Crippen LogP contribution in [-0.4, -0.2) is 15.7 Å². The predicted molar refractivity (Wildman–Crippen MR) is 74.6 cm³/mol. The minimum atomic E-state index is 0.223. The van der Waals surface area contributed by atoms with Crippen LogP contribution in [0.25, 0.3) is 0 Å². The number of hydrogen-bond acceptors (Lipinski definition) is 5. The van der Waals surface area contributed by atoms with Gasteiger partial charge in [0, 0.05) is 5.56 Å². The van der Waals surface area contributed by atoms with Crippen LogP contribution < -0.4 is 11.5 Å². The van der Waals surface area contributed by atoms with Crippen molar-refractivity contribution in [1.82, 2.24) is 9.97 Å². The summed E-state index contributed by atoms with van der Waals surface area (Å²) in [5.74, 6) is 0.447. The van der Waals surface area contributed by atoms with Crippen molar-refractivity contribution in [1.29, 1.82) is 5.41 Å². The lowest BCUT2D eigenvalue weighted by molar-refractivity contribution is 1.17. The molecule has 2 rings (SSSR count). The van der Waals surface area contributed by atoms with Crippen LogP contribution in [0.3, 0.4) is 0 Å².